The zero-order chi connectivity index (χ0) is 13.3. The van der Waals surface area contributed by atoms with Gasteiger partial charge >= 0.3 is 0 Å². The van der Waals surface area contributed by atoms with Crippen LogP contribution in [0, 0.1) is 13.8 Å². The average molecular weight is 296 g/mol. The van der Waals surface area contributed by atoms with Crippen LogP contribution in [-0.2, 0) is 11.3 Å². The van der Waals surface area contributed by atoms with E-state index in [2.05, 4.69) is 15.8 Å². The number of hydrogen-bond donors (Lipinski definition) is 2. The number of aryl methyl sites for hydroxylation is 2. The number of amides is 1. The Kier molecular flexibility index (Phi) is 4.86. The fourth-order valence-corrected chi connectivity index (χ4v) is 1.95. The molecule has 2 heterocycles. The zero-order valence-electron chi connectivity index (χ0n) is 10.6. The summed E-state index contributed by atoms with van der Waals surface area (Å²) in [6, 6.07) is -0.833. The number of carbonyl (C=O) groups is 1. The first kappa shape index (κ1) is 15.8. The first-order valence-corrected chi connectivity index (χ1v) is 5.70. The summed E-state index contributed by atoms with van der Waals surface area (Å²) < 4.78 is 30.8. The molecular formula is C11H16ClF2N3O2. The third-order valence-electron chi connectivity index (χ3n) is 3.05. The Morgan fingerprint density at radius 3 is 2.74 bits per heavy atom. The summed E-state index contributed by atoms with van der Waals surface area (Å²) in [5, 5.41) is 8.87. The Hall–Kier alpha value is -1.21. The number of halogens is 3. The topological polar surface area (TPSA) is 67.2 Å². The number of rotatable bonds is 3. The molecule has 0 radical (unpaired) electrons. The van der Waals surface area contributed by atoms with Crippen LogP contribution in [0.5, 0.6) is 0 Å². The number of carbonyl (C=O) groups excluding carboxylic acids is 1. The maximum Gasteiger partial charge on any atom is 0.262 e. The molecule has 1 aliphatic rings. The molecule has 0 aromatic carbocycles. The van der Waals surface area contributed by atoms with Gasteiger partial charge in [0.2, 0.25) is 5.91 Å². The highest BCUT2D eigenvalue weighted by Gasteiger charge is 2.42. The summed E-state index contributed by atoms with van der Waals surface area (Å²) in [5.74, 6) is -2.60. The summed E-state index contributed by atoms with van der Waals surface area (Å²) in [4.78, 5) is 11.7. The Balaban J connectivity index is 0.00000180. The molecule has 0 bridgehead atoms. The molecule has 1 aliphatic heterocycles. The number of alkyl halides is 2. The van der Waals surface area contributed by atoms with E-state index in [9.17, 15) is 13.6 Å². The van der Waals surface area contributed by atoms with E-state index in [4.69, 9.17) is 4.52 Å². The van der Waals surface area contributed by atoms with Crippen LogP contribution in [0.25, 0.3) is 0 Å². The van der Waals surface area contributed by atoms with Crippen LogP contribution in [0.15, 0.2) is 4.52 Å². The van der Waals surface area contributed by atoms with Gasteiger partial charge in [-0.25, -0.2) is 8.78 Å². The SMILES string of the molecule is Cc1noc(C)c1CNC(=O)C1CC(F)(F)CN1.Cl. The number of nitrogens with one attached hydrogen (secondary N) is 2. The van der Waals surface area contributed by atoms with Crippen molar-refractivity contribution >= 4 is 18.3 Å². The van der Waals surface area contributed by atoms with Gasteiger partial charge in [-0.3, -0.25) is 10.1 Å². The molecule has 2 N–H and O–H groups in total. The second-order valence-electron chi connectivity index (χ2n) is 4.51. The molecule has 0 saturated carbocycles. The molecule has 1 fully saturated rings. The normalized spacial score (nSPS) is 20.9. The first-order chi connectivity index (χ1) is 8.39. The van der Waals surface area contributed by atoms with Crippen molar-refractivity contribution in [1.29, 1.82) is 0 Å². The van der Waals surface area contributed by atoms with Gasteiger partial charge in [0, 0.05) is 18.5 Å². The molecule has 1 unspecified atom stereocenters. The molecule has 1 aromatic heterocycles. The van der Waals surface area contributed by atoms with E-state index in [1.165, 1.54) is 0 Å². The molecule has 2 rings (SSSR count). The molecule has 108 valence electrons. The molecule has 0 spiro atoms. The molecule has 1 atom stereocenters. The highest BCUT2D eigenvalue weighted by Crippen LogP contribution is 2.25. The summed E-state index contributed by atoms with van der Waals surface area (Å²) in [7, 11) is 0. The van der Waals surface area contributed by atoms with Gasteiger partial charge in [-0.15, -0.1) is 12.4 Å². The van der Waals surface area contributed by atoms with Gasteiger partial charge in [0.15, 0.2) is 0 Å². The van der Waals surface area contributed by atoms with Crippen LogP contribution in [0.2, 0.25) is 0 Å². The van der Waals surface area contributed by atoms with E-state index < -0.39 is 30.8 Å². The number of nitrogens with zero attached hydrogens (tertiary/aromatic N) is 1. The van der Waals surface area contributed by atoms with Gasteiger partial charge in [0.05, 0.1) is 18.3 Å². The highest BCUT2D eigenvalue weighted by atomic mass is 35.5. The predicted octanol–water partition coefficient (Wildman–Crippen LogP) is 1.33. The average Bonchev–Trinajstić information content (AvgIpc) is 2.80. The van der Waals surface area contributed by atoms with Crippen molar-refractivity contribution in [3.05, 3.63) is 17.0 Å². The fraction of sp³-hybridized carbons (Fsp3) is 0.636. The molecule has 0 aliphatic carbocycles. The summed E-state index contributed by atoms with van der Waals surface area (Å²) in [6.07, 6.45) is -0.458. The third-order valence-corrected chi connectivity index (χ3v) is 3.05. The standard InChI is InChI=1S/C11H15F2N3O2.ClH/c1-6-8(7(2)18-16-6)4-14-10(17)9-3-11(12,13)5-15-9;/h9,15H,3-5H2,1-2H3,(H,14,17);1H. The Labute approximate surface area is 115 Å². The Bertz CT molecular complexity index is 445. The summed E-state index contributed by atoms with van der Waals surface area (Å²) in [6.45, 7) is 3.30. The lowest BCUT2D eigenvalue weighted by atomic mass is 10.1. The van der Waals surface area contributed by atoms with E-state index in [1.54, 1.807) is 13.8 Å². The van der Waals surface area contributed by atoms with Crippen LogP contribution in [-0.4, -0.2) is 29.6 Å². The minimum atomic E-state index is -2.80. The lowest BCUT2D eigenvalue weighted by Crippen LogP contribution is -2.40. The molecule has 1 amide bonds. The van der Waals surface area contributed by atoms with E-state index in [0.29, 0.717) is 11.5 Å². The van der Waals surface area contributed by atoms with Gasteiger partial charge < -0.3 is 9.84 Å². The molecule has 1 aromatic rings. The van der Waals surface area contributed by atoms with Gasteiger partial charge in [-0.2, -0.15) is 0 Å². The number of hydrogen-bond acceptors (Lipinski definition) is 4. The molecule has 1 saturated heterocycles. The highest BCUT2D eigenvalue weighted by molar-refractivity contribution is 5.85. The first-order valence-electron chi connectivity index (χ1n) is 5.70. The van der Waals surface area contributed by atoms with Gasteiger partial charge in [-0.1, -0.05) is 5.16 Å². The second-order valence-corrected chi connectivity index (χ2v) is 4.51. The lowest BCUT2D eigenvalue weighted by Gasteiger charge is -2.10. The maximum absolute atomic E-state index is 12.9. The molecule has 8 heteroatoms. The summed E-state index contributed by atoms with van der Waals surface area (Å²) >= 11 is 0. The predicted molar refractivity (Wildman–Crippen MR) is 66.4 cm³/mol. The van der Waals surface area contributed by atoms with Crippen LogP contribution < -0.4 is 10.6 Å². The smallest absolute Gasteiger partial charge is 0.262 e. The van der Waals surface area contributed by atoms with Crippen molar-refractivity contribution in [3.8, 4) is 0 Å². The Morgan fingerprint density at radius 1 is 1.58 bits per heavy atom. The van der Waals surface area contributed by atoms with Crippen LogP contribution in [0.4, 0.5) is 8.78 Å². The lowest BCUT2D eigenvalue weighted by molar-refractivity contribution is -0.123. The van der Waals surface area contributed by atoms with Crippen molar-refractivity contribution in [2.45, 2.75) is 38.8 Å². The largest absolute Gasteiger partial charge is 0.361 e. The quantitative estimate of drug-likeness (QED) is 0.883. The minimum absolute atomic E-state index is 0. The zero-order valence-corrected chi connectivity index (χ0v) is 11.4. The maximum atomic E-state index is 12.9. The van der Waals surface area contributed by atoms with Crippen LogP contribution >= 0.6 is 12.4 Å². The van der Waals surface area contributed by atoms with Crippen molar-refractivity contribution < 1.29 is 18.1 Å². The van der Waals surface area contributed by atoms with E-state index in [1.807, 2.05) is 0 Å². The van der Waals surface area contributed by atoms with Gasteiger partial charge in [0.25, 0.3) is 5.92 Å². The van der Waals surface area contributed by atoms with Gasteiger partial charge in [0.1, 0.15) is 5.76 Å². The van der Waals surface area contributed by atoms with Crippen molar-refractivity contribution in [1.82, 2.24) is 15.8 Å². The second kappa shape index (κ2) is 5.83. The Morgan fingerprint density at radius 2 is 2.26 bits per heavy atom. The number of aromatic nitrogens is 1. The van der Waals surface area contributed by atoms with E-state index >= 15 is 0 Å². The molecule has 19 heavy (non-hydrogen) atoms. The monoisotopic (exact) mass is 295 g/mol. The molecule has 5 nitrogen and oxygen atoms in total. The van der Waals surface area contributed by atoms with Crippen molar-refractivity contribution in [2.24, 2.45) is 0 Å². The summed E-state index contributed by atoms with van der Waals surface area (Å²) in [5.41, 5.74) is 1.48. The van der Waals surface area contributed by atoms with Crippen molar-refractivity contribution in [2.75, 3.05) is 6.54 Å². The van der Waals surface area contributed by atoms with E-state index in [0.717, 1.165) is 5.56 Å². The molecular weight excluding hydrogens is 280 g/mol. The minimum Gasteiger partial charge on any atom is -0.361 e. The van der Waals surface area contributed by atoms with Crippen LogP contribution in [0.3, 0.4) is 0 Å². The third kappa shape index (κ3) is 3.63. The fourth-order valence-electron chi connectivity index (χ4n) is 1.95. The van der Waals surface area contributed by atoms with E-state index in [-0.39, 0.29) is 19.0 Å². The van der Waals surface area contributed by atoms with Crippen molar-refractivity contribution in [3.63, 3.8) is 0 Å². The van der Waals surface area contributed by atoms with Crippen LogP contribution in [0.1, 0.15) is 23.4 Å². The van der Waals surface area contributed by atoms with Gasteiger partial charge in [-0.05, 0) is 13.8 Å².